The highest BCUT2D eigenvalue weighted by Crippen LogP contribution is 2.40. The van der Waals surface area contributed by atoms with Crippen LogP contribution in [0.3, 0.4) is 0 Å². The van der Waals surface area contributed by atoms with Gasteiger partial charge in [0.2, 0.25) is 0 Å². The van der Waals surface area contributed by atoms with E-state index in [4.69, 9.17) is 9.73 Å². The molecule has 3 atom stereocenters. The number of rotatable bonds is 7. The molecule has 148 valence electrons. The standard InChI is InChI=1S/C24H31N3O/c1-2-25-24(26-23-15-22(23)21-11-7-4-8-12-21)27-14-13-20(16-27)18-28-17-19-9-5-3-6-10-19/h3-12,20,22-23H,2,13-18H2,1H3,(H,25,26). The molecule has 1 N–H and O–H groups in total. The minimum atomic E-state index is 0.515. The van der Waals surface area contributed by atoms with Crippen LogP contribution in [-0.4, -0.2) is 43.1 Å². The minimum Gasteiger partial charge on any atom is -0.376 e. The molecule has 3 unspecified atom stereocenters. The van der Waals surface area contributed by atoms with Crippen LogP contribution in [0.2, 0.25) is 0 Å². The maximum Gasteiger partial charge on any atom is 0.194 e. The van der Waals surface area contributed by atoms with Gasteiger partial charge in [-0.2, -0.15) is 0 Å². The number of benzene rings is 2. The molecule has 0 radical (unpaired) electrons. The van der Waals surface area contributed by atoms with E-state index >= 15 is 0 Å². The van der Waals surface area contributed by atoms with Crippen molar-refractivity contribution in [2.45, 2.75) is 38.3 Å². The molecule has 2 aromatic rings. The van der Waals surface area contributed by atoms with Crippen LogP contribution in [-0.2, 0) is 11.3 Å². The van der Waals surface area contributed by atoms with E-state index in [-0.39, 0.29) is 0 Å². The van der Waals surface area contributed by atoms with Gasteiger partial charge in [-0.15, -0.1) is 0 Å². The first kappa shape index (κ1) is 19.0. The highest BCUT2D eigenvalue weighted by atomic mass is 16.5. The van der Waals surface area contributed by atoms with Gasteiger partial charge >= 0.3 is 0 Å². The lowest BCUT2D eigenvalue weighted by molar-refractivity contribution is 0.0906. The summed E-state index contributed by atoms with van der Waals surface area (Å²) in [5.41, 5.74) is 2.68. The van der Waals surface area contributed by atoms with E-state index in [0.717, 1.165) is 32.2 Å². The first-order valence-corrected chi connectivity index (χ1v) is 10.6. The van der Waals surface area contributed by atoms with Gasteiger partial charge in [0.25, 0.3) is 0 Å². The van der Waals surface area contributed by atoms with Crippen molar-refractivity contribution in [1.29, 1.82) is 0 Å². The number of hydrogen-bond acceptors (Lipinski definition) is 2. The summed E-state index contributed by atoms with van der Waals surface area (Å²) in [6.45, 7) is 6.54. The van der Waals surface area contributed by atoms with Crippen molar-refractivity contribution < 1.29 is 4.74 Å². The third-order valence-electron chi connectivity index (χ3n) is 5.69. The molecule has 4 nitrogen and oxygen atoms in total. The number of guanidine groups is 1. The van der Waals surface area contributed by atoms with Crippen LogP contribution >= 0.6 is 0 Å². The smallest absolute Gasteiger partial charge is 0.194 e. The van der Waals surface area contributed by atoms with Crippen LogP contribution in [0.1, 0.15) is 36.8 Å². The Morgan fingerprint density at radius 2 is 1.86 bits per heavy atom. The van der Waals surface area contributed by atoms with Crippen molar-refractivity contribution in [2.24, 2.45) is 10.9 Å². The molecule has 1 saturated carbocycles. The third kappa shape index (κ3) is 4.93. The van der Waals surface area contributed by atoms with E-state index in [1.807, 2.05) is 6.07 Å². The van der Waals surface area contributed by atoms with E-state index in [0.29, 0.717) is 24.5 Å². The second-order valence-electron chi connectivity index (χ2n) is 7.90. The topological polar surface area (TPSA) is 36.9 Å². The SMILES string of the molecule is CCN=C(NC1CC1c1ccccc1)N1CCC(COCc2ccccc2)C1. The van der Waals surface area contributed by atoms with E-state index in [1.165, 1.54) is 24.0 Å². The second-order valence-corrected chi connectivity index (χ2v) is 7.90. The van der Waals surface area contributed by atoms with Gasteiger partial charge in [0.1, 0.15) is 0 Å². The molecule has 2 aromatic carbocycles. The molecule has 2 aliphatic rings. The number of aliphatic imine (C=N–C) groups is 1. The molecule has 2 fully saturated rings. The fourth-order valence-electron chi connectivity index (χ4n) is 4.05. The van der Waals surface area contributed by atoms with E-state index < -0.39 is 0 Å². The summed E-state index contributed by atoms with van der Waals surface area (Å²) in [4.78, 5) is 7.18. The summed E-state index contributed by atoms with van der Waals surface area (Å²) in [6.07, 6.45) is 2.37. The molecule has 1 heterocycles. The van der Waals surface area contributed by atoms with Crippen molar-refractivity contribution in [2.75, 3.05) is 26.2 Å². The first-order chi connectivity index (χ1) is 13.8. The maximum atomic E-state index is 5.97. The minimum absolute atomic E-state index is 0.515. The molecule has 0 bridgehead atoms. The maximum absolute atomic E-state index is 5.97. The summed E-state index contributed by atoms with van der Waals surface area (Å²) in [5.74, 6) is 2.28. The molecule has 1 aliphatic heterocycles. The Balaban J connectivity index is 1.25. The van der Waals surface area contributed by atoms with Gasteiger partial charge in [-0.05, 0) is 30.9 Å². The van der Waals surface area contributed by atoms with Gasteiger partial charge < -0.3 is 15.0 Å². The van der Waals surface area contributed by atoms with Crippen LogP contribution in [0.15, 0.2) is 65.7 Å². The lowest BCUT2D eigenvalue weighted by Gasteiger charge is -2.22. The third-order valence-corrected chi connectivity index (χ3v) is 5.69. The Kier molecular flexibility index (Phi) is 6.27. The molecular weight excluding hydrogens is 346 g/mol. The highest BCUT2D eigenvalue weighted by molar-refractivity contribution is 5.81. The van der Waals surface area contributed by atoms with Crippen LogP contribution < -0.4 is 5.32 Å². The van der Waals surface area contributed by atoms with Gasteiger partial charge in [-0.25, -0.2) is 0 Å². The van der Waals surface area contributed by atoms with Gasteiger partial charge in [0, 0.05) is 37.5 Å². The Morgan fingerprint density at radius 3 is 2.61 bits per heavy atom. The van der Waals surface area contributed by atoms with Crippen LogP contribution in [0.5, 0.6) is 0 Å². The molecule has 0 amide bonds. The molecule has 1 aliphatic carbocycles. The van der Waals surface area contributed by atoms with Crippen LogP contribution in [0.4, 0.5) is 0 Å². The largest absolute Gasteiger partial charge is 0.376 e. The van der Waals surface area contributed by atoms with E-state index in [2.05, 4.69) is 71.7 Å². The van der Waals surface area contributed by atoms with Gasteiger partial charge in [0.05, 0.1) is 13.2 Å². The van der Waals surface area contributed by atoms with Gasteiger partial charge in [-0.3, -0.25) is 4.99 Å². The van der Waals surface area contributed by atoms with E-state index in [9.17, 15) is 0 Å². The zero-order chi connectivity index (χ0) is 19.2. The molecule has 0 spiro atoms. The average Bonchev–Trinajstić information content (AvgIpc) is 3.35. The molecule has 28 heavy (non-hydrogen) atoms. The van der Waals surface area contributed by atoms with Crippen LogP contribution in [0, 0.1) is 5.92 Å². The normalized spacial score (nSPS) is 24.4. The summed E-state index contributed by atoms with van der Waals surface area (Å²) >= 11 is 0. The fraction of sp³-hybridized carbons (Fsp3) is 0.458. The lowest BCUT2D eigenvalue weighted by Crippen LogP contribution is -2.42. The monoisotopic (exact) mass is 377 g/mol. The Hall–Kier alpha value is -2.33. The van der Waals surface area contributed by atoms with E-state index in [1.54, 1.807) is 0 Å². The van der Waals surface area contributed by atoms with Crippen molar-refractivity contribution in [3.63, 3.8) is 0 Å². The van der Waals surface area contributed by atoms with Crippen molar-refractivity contribution in [1.82, 2.24) is 10.2 Å². The quantitative estimate of drug-likeness (QED) is 0.584. The Morgan fingerprint density at radius 1 is 1.11 bits per heavy atom. The average molecular weight is 378 g/mol. The first-order valence-electron chi connectivity index (χ1n) is 10.6. The zero-order valence-corrected chi connectivity index (χ0v) is 16.8. The summed E-state index contributed by atoms with van der Waals surface area (Å²) in [7, 11) is 0. The number of likely N-dealkylation sites (tertiary alicyclic amines) is 1. The number of nitrogens with one attached hydrogen (secondary N) is 1. The molecule has 0 aromatic heterocycles. The zero-order valence-electron chi connectivity index (χ0n) is 16.8. The molecule has 1 saturated heterocycles. The predicted octanol–water partition coefficient (Wildman–Crippen LogP) is 4.05. The molecule has 4 rings (SSSR count). The Labute approximate surface area is 168 Å². The Bertz CT molecular complexity index is 762. The molecule has 4 heteroatoms. The highest BCUT2D eigenvalue weighted by Gasteiger charge is 2.40. The van der Waals surface area contributed by atoms with Gasteiger partial charge in [0.15, 0.2) is 5.96 Å². The summed E-state index contributed by atoms with van der Waals surface area (Å²) in [6, 6.07) is 21.7. The summed E-state index contributed by atoms with van der Waals surface area (Å²) < 4.78 is 5.97. The second kappa shape index (κ2) is 9.24. The van der Waals surface area contributed by atoms with Crippen LogP contribution in [0.25, 0.3) is 0 Å². The fourth-order valence-corrected chi connectivity index (χ4v) is 4.05. The number of ether oxygens (including phenoxy) is 1. The van der Waals surface area contributed by atoms with Crippen molar-refractivity contribution in [3.8, 4) is 0 Å². The molecular formula is C24H31N3O. The van der Waals surface area contributed by atoms with Crippen molar-refractivity contribution in [3.05, 3.63) is 71.8 Å². The predicted molar refractivity (Wildman–Crippen MR) is 114 cm³/mol. The number of nitrogens with zero attached hydrogens (tertiary/aromatic N) is 2. The lowest BCUT2D eigenvalue weighted by atomic mass is 10.1. The van der Waals surface area contributed by atoms with Gasteiger partial charge in [-0.1, -0.05) is 60.7 Å². The van der Waals surface area contributed by atoms with Crippen molar-refractivity contribution >= 4 is 5.96 Å². The number of hydrogen-bond donors (Lipinski definition) is 1. The summed E-state index contributed by atoms with van der Waals surface area (Å²) in [5, 5.41) is 3.72.